The number of hydrogen-bond acceptors (Lipinski definition) is 3. The maximum Gasteiger partial charge on any atom is 0.160 e. The quantitative estimate of drug-likeness (QED) is 0.700. The molecular formula is C11H18O3. The Balaban J connectivity index is 2.56. The Bertz CT molecular complexity index is 223. The number of hydrogen-bond donors (Lipinski definition) is 1. The van der Waals surface area contributed by atoms with E-state index in [4.69, 9.17) is 9.47 Å². The molecule has 0 radical (unpaired) electrons. The molecule has 0 aromatic heterocycles. The Morgan fingerprint density at radius 1 is 1.57 bits per heavy atom. The van der Waals surface area contributed by atoms with E-state index in [2.05, 4.69) is 6.58 Å². The van der Waals surface area contributed by atoms with Crippen LogP contribution in [-0.4, -0.2) is 30.7 Å². The van der Waals surface area contributed by atoms with Crippen LogP contribution in [0.25, 0.3) is 0 Å². The molecule has 0 aromatic rings. The lowest BCUT2D eigenvalue weighted by Crippen LogP contribution is -2.37. The lowest BCUT2D eigenvalue weighted by atomic mass is 9.99. The number of aliphatic hydroxyl groups excluding tert-OH is 1. The van der Waals surface area contributed by atoms with E-state index in [9.17, 15) is 5.11 Å². The third-order valence-electron chi connectivity index (χ3n) is 2.32. The molecule has 3 unspecified atom stereocenters. The minimum Gasteiger partial charge on any atom is -0.393 e. The fraction of sp³-hybridized carbons (Fsp3) is 0.636. The average Bonchev–Trinajstić information content (AvgIpc) is 2.17. The molecule has 3 heteroatoms. The predicted octanol–water partition coefficient (Wildman–Crippen LogP) is 1.63. The minimum atomic E-state index is -0.360. The molecule has 14 heavy (non-hydrogen) atoms. The van der Waals surface area contributed by atoms with E-state index < -0.39 is 0 Å². The number of ether oxygens (including phenoxy) is 2. The first-order valence-electron chi connectivity index (χ1n) is 4.85. The van der Waals surface area contributed by atoms with Crippen molar-refractivity contribution in [1.82, 2.24) is 0 Å². The van der Waals surface area contributed by atoms with Gasteiger partial charge >= 0.3 is 0 Å². The second-order valence-corrected chi connectivity index (χ2v) is 3.49. The first-order chi connectivity index (χ1) is 6.67. The Kier molecular flexibility index (Phi) is 4.32. The smallest absolute Gasteiger partial charge is 0.160 e. The zero-order valence-electron chi connectivity index (χ0n) is 8.77. The van der Waals surface area contributed by atoms with Gasteiger partial charge in [-0.1, -0.05) is 18.7 Å². The van der Waals surface area contributed by atoms with Crippen molar-refractivity contribution in [3.05, 3.63) is 24.3 Å². The van der Waals surface area contributed by atoms with Crippen LogP contribution in [0.4, 0.5) is 0 Å². The van der Waals surface area contributed by atoms with Crippen LogP contribution in [0.1, 0.15) is 19.8 Å². The van der Waals surface area contributed by atoms with Gasteiger partial charge in [0, 0.05) is 20.0 Å². The second kappa shape index (κ2) is 5.29. The van der Waals surface area contributed by atoms with Gasteiger partial charge in [-0.25, -0.2) is 0 Å². The molecule has 0 saturated carbocycles. The number of allylic oxidation sites excluding steroid dienone is 1. The lowest BCUT2D eigenvalue weighted by Gasteiger charge is -2.32. The van der Waals surface area contributed by atoms with Gasteiger partial charge in [-0.15, -0.1) is 0 Å². The lowest BCUT2D eigenvalue weighted by molar-refractivity contribution is -0.193. The SMILES string of the molecule is C=C(/C=C/C)C1CC(O)CC(OC)O1. The zero-order chi connectivity index (χ0) is 10.6. The summed E-state index contributed by atoms with van der Waals surface area (Å²) in [5.74, 6) is 0. The summed E-state index contributed by atoms with van der Waals surface area (Å²) in [5, 5.41) is 9.57. The van der Waals surface area contributed by atoms with Gasteiger partial charge in [0.2, 0.25) is 0 Å². The van der Waals surface area contributed by atoms with Gasteiger partial charge in [-0.05, 0) is 12.5 Å². The molecule has 80 valence electrons. The zero-order valence-corrected chi connectivity index (χ0v) is 8.77. The molecule has 3 atom stereocenters. The van der Waals surface area contributed by atoms with Gasteiger partial charge in [0.25, 0.3) is 0 Å². The molecule has 0 bridgehead atoms. The summed E-state index contributed by atoms with van der Waals surface area (Å²) in [6, 6.07) is 0. The standard InChI is InChI=1S/C11H18O3/c1-4-5-8(2)10-6-9(12)7-11(13-3)14-10/h4-5,9-12H,2,6-7H2,1,3H3/b5-4+. The summed E-state index contributed by atoms with van der Waals surface area (Å²) in [4.78, 5) is 0. The highest BCUT2D eigenvalue weighted by Gasteiger charge is 2.28. The van der Waals surface area contributed by atoms with Crippen molar-refractivity contribution in [2.24, 2.45) is 0 Å². The van der Waals surface area contributed by atoms with E-state index in [1.54, 1.807) is 7.11 Å². The van der Waals surface area contributed by atoms with Crippen molar-refractivity contribution >= 4 is 0 Å². The molecule has 1 saturated heterocycles. The number of aliphatic hydroxyl groups is 1. The van der Waals surface area contributed by atoms with Crippen LogP contribution in [-0.2, 0) is 9.47 Å². The van der Waals surface area contributed by atoms with Crippen molar-refractivity contribution in [1.29, 1.82) is 0 Å². The predicted molar refractivity (Wildman–Crippen MR) is 54.9 cm³/mol. The van der Waals surface area contributed by atoms with E-state index in [0.29, 0.717) is 12.8 Å². The van der Waals surface area contributed by atoms with E-state index >= 15 is 0 Å². The molecule has 1 aliphatic heterocycles. The molecule has 0 amide bonds. The fourth-order valence-corrected chi connectivity index (χ4v) is 1.57. The average molecular weight is 198 g/mol. The molecule has 1 heterocycles. The third kappa shape index (κ3) is 2.94. The summed E-state index contributed by atoms with van der Waals surface area (Å²) < 4.78 is 10.7. The number of methoxy groups -OCH3 is 1. The summed E-state index contributed by atoms with van der Waals surface area (Å²) in [6.45, 7) is 5.82. The summed E-state index contributed by atoms with van der Waals surface area (Å²) in [7, 11) is 1.58. The van der Waals surface area contributed by atoms with Crippen LogP contribution in [0.5, 0.6) is 0 Å². The second-order valence-electron chi connectivity index (χ2n) is 3.49. The van der Waals surface area contributed by atoms with Crippen LogP contribution in [0, 0.1) is 0 Å². The largest absolute Gasteiger partial charge is 0.393 e. The normalized spacial score (nSPS) is 33.5. The van der Waals surface area contributed by atoms with Gasteiger partial charge in [-0.2, -0.15) is 0 Å². The van der Waals surface area contributed by atoms with Crippen molar-refractivity contribution in [2.75, 3.05) is 7.11 Å². The maximum absolute atomic E-state index is 9.57. The molecule has 0 aliphatic carbocycles. The van der Waals surface area contributed by atoms with Gasteiger partial charge in [0.05, 0.1) is 12.2 Å². The third-order valence-corrected chi connectivity index (χ3v) is 2.32. The monoisotopic (exact) mass is 198 g/mol. The maximum atomic E-state index is 9.57. The molecule has 0 spiro atoms. The van der Waals surface area contributed by atoms with Crippen molar-refractivity contribution in [3.63, 3.8) is 0 Å². The van der Waals surface area contributed by atoms with Gasteiger partial charge in [0.15, 0.2) is 6.29 Å². The van der Waals surface area contributed by atoms with E-state index in [1.165, 1.54) is 0 Å². The number of rotatable bonds is 3. The van der Waals surface area contributed by atoms with E-state index in [1.807, 2.05) is 19.1 Å². The summed E-state index contributed by atoms with van der Waals surface area (Å²) in [5.41, 5.74) is 0.883. The van der Waals surface area contributed by atoms with Crippen molar-refractivity contribution in [2.45, 2.75) is 38.3 Å². The molecule has 1 fully saturated rings. The van der Waals surface area contributed by atoms with E-state index in [-0.39, 0.29) is 18.5 Å². The van der Waals surface area contributed by atoms with E-state index in [0.717, 1.165) is 5.57 Å². The van der Waals surface area contributed by atoms with Crippen molar-refractivity contribution < 1.29 is 14.6 Å². The summed E-state index contributed by atoms with van der Waals surface area (Å²) >= 11 is 0. The van der Waals surface area contributed by atoms with Crippen LogP contribution < -0.4 is 0 Å². The Morgan fingerprint density at radius 3 is 2.86 bits per heavy atom. The van der Waals surface area contributed by atoms with Crippen LogP contribution >= 0.6 is 0 Å². The molecule has 1 rings (SSSR count). The minimum absolute atomic E-state index is 0.125. The summed E-state index contributed by atoms with van der Waals surface area (Å²) in [6.07, 6.45) is 4.15. The van der Waals surface area contributed by atoms with Crippen LogP contribution in [0.15, 0.2) is 24.3 Å². The first kappa shape index (κ1) is 11.4. The van der Waals surface area contributed by atoms with Gasteiger partial charge in [-0.3, -0.25) is 0 Å². The van der Waals surface area contributed by atoms with Crippen LogP contribution in [0.2, 0.25) is 0 Å². The highest BCUT2D eigenvalue weighted by molar-refractivity contribution is 5.19. The molecular weight excluding hydrogens is 180 g/mol. The topological polar surface area (TPSA) is 38.7 Å². The Hall–Kier alpha value is -0.640. The molecule has 0 aromatic carbocycles. The molecule has 3 nitrogen and oxygen atoms in total. The van der Waals surface area contributed by atoms with Gasteiger partial charge in [0.1, 0.15) is 0 Å². The molecule has 1 N–H and O–H groups in total. The van der Waals surface area contributed by atoms with Crippen LogP contribution in [0.3, 0.4) is 0 Å². The highest BCUT2D eigenvalue weighted by Crippen LogP contribution is 2.24. The Labute approximate surface area is 85.0 Å². The fourth-order valence-electron chi connectivity index (χ4n) is 1.57. The highest BCUT2D eigenvalue weighted by atomic mass is 16.7. The molecule has 1 aliphatic rings. The van der Waals surface area contributed by atoms with Gasteiger partial charge < -0.3 is 14.6 Å². The van der Waals surface area contributed by atoms with Crippen molar-refractivity contribution in [3.8, 4) is 0 Å². The first-order valence-corrected chi connectivity index (χ1v) is 4.85. The Morgan fingerprint density at radius 2 is 2.29 bits per heavy atom.